The van der Waals surface area contributed by atoms with Crippen molar-refractivity contribution in [1.29, 1.82) is 0 Å². The number of anilines is 1. The maximum absolute atomic E-state index is 12.5. The van der Waals surface area contributed by atoms with Crippen LogP contribution in [0.2, 0.25) is 0 Å². The van der Waals surface area contributed by atoms with Crippen LogP contribution in [0.5, 0.6) is 0 Å². The van der Waals surface area contributed by atoms with Crippen molar-refractivity contribution in [2.24, 2.45) is 7.05 Å². The van der Waals surface area contributed by atoms with Gasteiger partial charge in [-0.1, -0.05) is 42.5 Å². The molecular formula is C23H26N4O2. The quantitative estimate of drug-likeness (QED) is 0.677. The molecule has 0 atom stereocenters. The lowest BCUT2D eigenvalue weighted by Gasteiger charge is -2.23. The number of ether oxygens (including phenoxy) is 1. The van der Waals surface area contributed by atoms with Crippen molar-refractivity contribution in [3.63, 3.8) is 0 Å². The van der Waals surface area contributed by atoms with Gasteiger partial charge in [0.05, 0.1) is 5.69 Å². The fraction of sp³-hybridized carbons (Fsp3) is 0.304. The SMILES string of the molecule is Cn1nccc1-c1ccc(N2CCCN(C(=O)OCc3ccccc3)CC2)cc1. The van der Waals surface area contributed by atoms with Gasteiger partial charge in [-0.05, 0) is 35.7 Å². The smallest absolute Gasteiger partial charge is 0.410 e. The Balaban J connectivity index is 1.33. The first-order chi connectivity index (χ1) is 14.2. The molecule has 0 bridgehead atoms. The number of hydrogen-bond acceptors (Lipinski definition) is 4. The highest BCUT2D eigenvalue weighted by atomic mass is 16.6. The molecule has 6 heteroatoms. The van der Waals surface area contributed by atoms with Gasteiger partial charge in [-0.3, -0.25) is 4.68 Å². The summed E-state index contributed by atoms with van der Waals surface area (Å²) < 4.78 is 7.37. The summed E-state index contributed by atoms with van der Waals surface area (Å²) in [6.45, 7) is 3.42. The van der Waals surface area contributed by atoms with Gasteiger partial charge in [0.1, 0.15) is 6.61 Å². The van der Waals surface area contributed by atoms with E-state index < -0.39 is 0 Å². The van der Waals surface area contributed by atoms with E-state index in [9.17, 15) is 4.79 Å². The van der Waals surface area contributed by atoms with Crippen LogP contribution in [0, 0.1) is 0 Å². The van der Waals surface area contributed by atoms with E-state index in [0.717, 1.165) is 42.9 Å². The van der Waals surface area contributed by atoms with Crippen molar-refractivity contribution in [2.75, 3.05) is 31.1 Å². The van der Waals surface area contributed by atoms with Crippen LogP contribution in [0.3, 0.4) is 0 Å². The van der Waals surface area contributed by atoms with Crippen molar-refractivity contribution in [3.8, 4) is 11.3 Å². The molecule has 0 N–H and O–H groups in total. The van der Waals surface area contributed by atoms with Crippen molar-refractivity contribution in [1.82, 2.24) is 14.7 Å². The summed E-state index contributed by atoms with van der Waals surface area (Å²) in [5.74, 6) is 0. The molecule has 150 valence electrons. The van der Waals surface area contributed by atoms with Gasteiger partial charge in [0.25, 0.3) is 0 Å². The number of nitrogens with zero attached hydrogens (tertiary/aromatic N) is 4. The predicted molar refractivity (Wildman–Crippen MR) is 114 cm³/mol. The van der Waals surface area contributed by atoms with E-state index in [-0.39, 0.29) is 6.09 Å². The molecule has 1 aliphatic heterocycles. The largest absolute Gasteiger partial charge is 0.445 e. The standard InChI is InChI=1S/C23H26N4O2/c1-25-22(12-13-24-25)20-8-10-21(11-9-20)26-14-5-15-27(17-16-26)23(28)29-18-19-6-3-2-4-7-19/h2-4,6-13H,5,14-18H2,1H3. The fourth-order valence-electron chi connectivity index (χ4n) is 3.67. The Bertz CT molecular complexity index is 937. The third kappa shape index (κ3) is 4.59. The lowest BCUT2D eigenvalue weighted by Crippen LogP contribution is -2.35. The molecule has 0 unspecified atom stereocenters. The Morgan fingerprint density at radius 3 is 2.48 bits per heavy atom. The molecule has 0 radical (unpaired) electrons. The predicted octanol–water partition coefficient (Wildman–Crippen LogP) is 3.94. The topological polar surface area (TPSA) is 50.6 Å². The highest BCUT2D eigenvalue weighted by Gasteiger charge is 2.20. The lowest BCUT2D eigenvalue weighted by atomic mass is 10.1. The van der Waals surface area contributed by atoms with Crippen LogP contribution in [0.4, 0.5) is 10.5 Å². The molecule has 1 aromatic heterocycles. The molecule has 3 aromatic rings. The molecule has 1 saturated heterocycles. The molecule has 1 aliphatic rings. The van der Waals surface area contributed by atoms with Gasteiger partial charge in [-0.2, -0.15) is 5.10 Å². The van der Waals surface area contributed by atoms with E-state index in [0.29, 0.717) is 13.2 Å². The lowest BCUT2D eigenvalue weighted by molar-refractivity contribution is 0.0986. The minimum atomic E-state index is -0.234. The highest BCUT2D eigenvalue weighted by molar-refractivity contribution is 5.68. The number of carbonyl (C=O) groups excluding carboxylic acids is 1. The Hall–Kier alpha value is -3.28. The Labute approximate surface area is 171 Å². The van der Waals surface area contributed by atoms with Crippen LogP contribution in [-0.4, -0.2) is 47.0 Å². The normalized spacial score (nSPS) is 14.5. The van der Waals surface area contributed by atoms with Gasteiger partial charge in [0.15, 0.2) is 0 Å². The summed E-state index contributed by atoms with van der Waals surface area (Å²) >= 11 is 0. The summed E-state index contributed by atoms with van der Waals surface area (Å²) in [6, 6.07) is 20.3. The fourth-order valence-corrected chi connectivity index (χ4v) is 3.67. The van der Waals surface area contributed by atoms with Gasteiger partial charge in [0.2, 0.25) is 0 Å². The molecule has 4 rings (SSSR count). The van der Waals surface area contributed by atoms with Crippen LogP contribution in [0.15, 0.2) is 66.9 Å². The maximum Gasteiger partial charge on any atom is 0.410 e. The van der Waals surface area contributed by atoms with Gasteiger partial charge >= 0.3 is 6.09 Å². The first-order valence-corrected chi connectivity index (χ1v) is 10.00. The molecule has 1 amide bonds. The van der Waals surface area contributed by atoms with E-state index in [1.54, 1.807) is 0 Å². The molecular weight excluding hydrogens is 364 g/mol. The maximum atomic E-state index is 12.5. The second-order valence-corrected chi connectivity index (χ2v) is 7.25. The first-order valence-electron chi connectivity index (χ1n) is 10.00. The summed E-state index contributed by atoms with van der Waals surface area (Å²) in [5.41, 5.74) is 4.43. The summed E-state index contributed by atoms with van der Waals surface area (Å²) in [5, 5.41) is 4.23. The summed E-state index contributed by atoms with van der Waals surface area (Å²) in [6.07, 6.45) is 2.50. The van der Waals surface area contributed by atoms with Crippen LogP contribution in [-0.2, 0) is 18.4 Å². The minimum absolute atomic E-state index is 0.234. The number of benzene rings is 2. The van der Waals surface area contributed by atoms with E-state index in [2.05, 4.69) is 34.3 Å². The molecule has 6 nitrogen and oxygen atoms in total. The number of rotatable bonds is 4. The molecule has 1 fully saturated rings. The third-order valence-electron chi connectivity index (χ3n) is 5.31. The second-order valence-electron chi connectivity index (χ2n) is 7.25. The van der Waals surface area contributed by atoms with E-state index in [1.165, 1.54) is 5.69 Å². The monoisotopic (exact) mass is 390 g/mol. The van der Waals surface area contributed by atoms with E-state index in [1.807, 2.05) is 59.2 Å². The van der Waals surface area contributed by atoms with Crippen LogP contribution in [0.1, 0.15) is 12.0 Å². The van der Waals surface area contributed by atoms with Gasteiger partial charge < -0.3 is 14.5 Å². The van der Waals surface area contributed by atoms with Gasteiger partial charge in [-0.25, -0.2) is 4.79 Å². The number of hydrogen-bond donors (Lipinski definition) is 0. The van der Waals surface area contributed by atoms with Crippen molar-refractivity contribution >= 4 is 11.8 Å². The Morgan fingerprint density at radius 1 is 0.966 bits per heavy atom. The average Bonchev–Trinajstić information content (AvgIpc) is 3.04. The van der Waals surface area contributed by atoms with Crippen molar-refractivity contribution in [3.05, 3.63) is 72.4 Å². The van der Waals surface area contributed by atoms with Crippen LogP contribution < -0.4 is 4.90 Å². The number of carbonyl (C=O) groups is 1. The number of aromatic nitrogens is 2. The zero-order valence-electron chi connectivity index (χ0n) is 16.7. The molecule has 2 aromatic carbocycles. The zero-order valence-corrected chi connectivity index (χ0v) is 16.7. The van der Waals surface area contributed by atoms with E-state index in [4.69, 9.17) is 4.74 Å². The van der Waals surface area contributed by atoms with E-state index >= 15 is 0 Å². The molecule has 0 aliphatic carbocycles. The summed E-state index contributed by atoms with van der Waals surface area (Å²) in [7, 11) is 1.95. The Morgan fingerprint density at radius 2 is 1.76 bits per heavy atom. The third-order valence-corrected chi connectivity index (χ3v) is 5.31. The van der Waals surface area contributed by atoms with Crippen molar-refractivity contribution in [2.45, 2.75) is 13.0 Å². The highest BCUT2D eigenvalue weighted by Crippen LogP contribution is 2.23. The number of aryl methyl sites for hydroxylation is 1. The van der Waals surface area contributed by atoms with Crippen LogP contribution in [0.25, 0.3) is 11.3 Å². The second kappa shape index (κ2) is 8.82. The van der Waals surface area contributed by atoms with Crippen molar-refractivity contribution < 1.29 is 9.53 Å². The average molecular weight is 390 g/mol. The van der Waals surface area contributed by atoms with Gasteiger partial charge in [-0.15, -0.1) is 0 Å². The molecule has 29 heavy (non-hydrogen) atoms. The molecule has 0 saturated carbocycles. The zero-order chi connectivity index (χ0) is 20.1. The Kier molecular flexibility index (Phi) is 5.79. The minimum Gasteiger partial charge on any atom is -0.445 e. The van der Waals surface area contributed by atoms with Gasteiger partial charge in [0, 0.05) is 45.1 Å². The summed E-state index contributed by atoms with van der Waals surface area (Å²) in [4.78, 5) is 16.6. The first kappa shape index (κ1) is 19.1. The molecule has 2 heterocycles. The molecule has 0 spiro atoms. The van der Waals surface area contributed by atoms with Crippen LogP contribution >= 0.6 is 0 Å². The number of amides is 1.